The highest BCUT2D eigenvalue weighted by atomic mass is 32.2. The summed E-state index contributed by atoms with van der Waals surface area (Å²) in [7, 11) is 0. The number of carbonyl (C=O) groups is 2. The average Bonchev–Trinajstić information content (AvgIpc) is 3.20. The first-order valence-corrected chi connectivity index (χ1v) is 11.2. The SMILES string of the molecule is CCc1ccccc1N1C(=O)CS[C@@H]1c1ccc(NC(=O)c2cccc([N+](=O)[O-])c2)cc1. The molecule has 0 bridgehead atoms. The van der Waals surface area contributed by atoms with Gasteiger partial charge in [0, 0.05) is 29.1 Å². The van der Waals surface area contributed by atoms with Gasteiger partial charge in [0.25, 0.3) is 11.6 Å². The number of aryl methyl sites for hydroxylation is 1. The molecule has 3 aromatic carbocycles. The molecule has 1 fully saturated rings. The normalized spacial score (nSPS) is 15.6. The number of rotatable bonds is 6. The van der Waals surface area contributed by atoms with Crippen molar-refractivity contribution in [2.24, 2.45) is 0 Å². The third-order valence-corrected chi connectivity index (χ3v) is 6.49. The molecule has 1 aliphatic heterocycles. The molecule has 32 heavy (non-hydrogen) atoms. The average molecular weight is 448 g/mol. The standard InChI is InChI=1S/C24H21N3O4S/c1-2-16-6-3-4-9-21(16)26-22(28)15-32-24(26)17-10-12-19(13-11-17)25-23(29)18-7-5-8-20(14-18)27(30)31/h3-14,24H,2,15H2,1H3,(H,25,29)/t24-/m1/s1. The summed E-state index contributed by atoms with van der Waals surface area (Å²) >= 11 is 1.57. The predicted octanol–water partition coefficient (Wildman–Crippen LogP) is 5.19. The summed E-state index contributed by atoms with van der Waals surface area (Å²) in [5.74, 6) is 0.0582. The minimum atomic E-state index is -0.533. The van der Waals surface area contributed by atoms with Crippen LogP contribution >= 0.6 is 11.8 Å². The number of anilines is 2. The van der Waals surface area contributed by atoms with E-state index in [9.17, 15) is 19.7 Å². The van der Waals surface area contributed by atoms with Gasteiger partial charge in [0.15, 0.2) is 0 Å². The smallest absolute Gasteiger partial charge is 0.270 e. The van der Waals surface area contributed by atoms with Gasteiger partial charge < -0.3 is 5.32 Å². The third-order valence-electron chi connectivity index (χ3n) is 5.27. The first-order chi connectivity index (χ1) is 15.5. The highest BCUT2D eigenvalue weighted by molar-refractivity contribution is 8.00. The van der Waals surface area contributed by atoms with E-state index in [1.807, 2.05) is 41.3 Å². The lowest BCUT2D eigenvalue weighted by atomic mass is 10.1. The van der Waals surface area contributed by atoms with Crippen molar-refractivity contribution in [3.05, 3.63) is 99.6 Å². The molecule has 2 amide bonds. The molecule has 1 aliphatic rings. The van der Waals surface area contributed by atoms with Crippen LogP contribution in [0.25, 0.3) is 0 Å². The number of nitro benzene ring substituents is 1. The monoisotopic (exact) mass is 447 g/mol. The lowest BCUT2D eigenvalue weighted by Crippen LogP contribution is -2.28. The molecular weight excluding hydrogens is 426 g/mol. The molecule has 0 unspecified atom stereocenters. The highest BCUT2D eigenvalue weighted by Crippen LogP contribution is 2.43. The van der Waals surface area contributed by atoms with Crippen molar-refractivity contribution in [1.29, 1.82) is 0 Å². The van der Waals surface area contributed by atoms with Crippen molar-refractivity contribution >= 4 is 40.6 Å². The van der Waals surface area contributed by atoms with Gasteiger partial charge in [-0.25, -0.2) is 0 Å². The fourth-order valence-electron chi connectivity index (χ4n) is 3.67. The lowest BCUT2D eigenvalue weighted by Gasteiger charge is -2.26. The second-order valence-electron chi connectivity index (χ2n) is 7.29. The van der Waals surface area contributed by atoms with Gasteiger partial charge in [-0.15, -0.1) is 11.8 Å². The number of nitrogens with zero attached hydrogens (tertiary/aromatic N) is 2. The van der Waals surface area contributed by atoms with Gasteiger partial charge in [-0.1, -0.05) is 43.3 Å². The maximum atomic E-state index is 12.7. The minimum absolute atomic E-state index is 0.0731. The maximum Gasteiger partial charge on any atom is 0.270 e. The fourth-order valence-corrected chi connectivity index (χ4v) is 4.84. The molecule has 1 saturated heterocycles. The van der Waals surface area contributed by atoms with Crippen molar-refractivity contribution in [1.82, 2.24) is 0 Å². The van der Waals surface area contributed by atoms with Gasteiger partial charge in [0.2, 0.25) is 5.91 Å². The van der Waals surface area contributed by atoms with Gasteiger partial charge in [-0.3, -0.25) is 24.6 Å². The number of thioether (sulfide) groups is 1. The van der Waals surface area contributed by atoms with E-state index in [-0.39, 0.29) is 22.5 Å². The molecule has 162 valence electrons. The summed E-state index contributed by atoms with van der Waals surface area (Å²) in [5.41, 5.74) is 3.65. The van der Waals surface area contributed by atoms with Crippen molar-refractivity contribution < 1.29 is 14.5 Å². The Labute approximate surface area is 189 Å². The summed E-state index contributed by atoms with van der Waals surface area (Å²) in [6.45, 7) is 2.07. The second kappa shape index (κ2) is 9.23. The van der Waals surface area contributed by atoms with E-state index in [1.54, 1.807) is 23.9 Å². The van der Waals surface area contributed by atoms with Crippen molar-refractivity contribution in [3.8, 4) is 0 Å². The number of benzene rings is 3. The Bertz CT molecular complexity index is 1180. The summed E-state index contributed by atoms with van der Waals surface area (Å²) < 4.78 is 0. The van der Waals surface area contributed by atoms with E-state index in [4.69, 9.17) is 0 Å². The topological polar surface area (TPSA) is 92.6 Å². The molecule has 0 radical (unpaired) electrons. The van der Waals surface area contributed by atoms with Crippen LogP contribution in [0, 0.1) is 10.1 Å². The van der Waals surface area contributed by atoms with Gasteiger partial charge in [-0.05, 0) is 41.8 Å². The Balaban J connectivity index is 1.53. The quantitative estimate of drug-likeness (QED) is 0.415. The molecular formula is C24H21N3O4S. The van der Waals surface area contributed by atoms with Crippen LogP contribution < -0.4 is 10.2 Å². The predicted molar refractivity (Wildman–Crippen MR) is 126 cm³/mol. The number of nitro groups is 1. The van der Waals surface area contributed by atoms with Crippen LogP contribution in [-0.2, 0) is 11.2 Å². The van der Waals surface area contributed by atoms with Crippen molar-refractivity contribution in [2.75, 3.05) is 16.0 Å². The van der Waals surface area contributed by atoms with E-state index in [1.165, 1.54) is 24.3 Å². The van der Waals surface area contributed by atoms with Crippen LogP contribution in [-0.4, -0.2) is 22.5 Å². The fraction of sp³-hybridized carbons (Fsp3) is 0.167. The van der Waals surface area contributed by atoms with Crippen LogP contribution in [0.15, 0.2) is 72.8 Å². The van der Waals surface area contributed by atoms with E-state index >= 15 is 0 Å². The van der Waals surface area contributed by atoms with Gasteiger partial charge in [-0.2, -0.15) is 0 Å². The molecule has 0 aliphatic carbocycles. The maximum absolute atomic E-state index is 12.7. The summed E-state index contributed by atoms with van der Waals surface area (Å²) in [6.07, 6.45) is 0.833. The Hall–Kier alpha value is -3.65. The van der Waals surface area contributed by atoms with Gasteiger partial charge >= 0.3 is 0 Å². The zero-order valence-electron chi connectivity index (χ0n) is 17.4. The Kier molecular flexibility index (Phi) is 6.23. The van der Waals surface area contributed by atoms with E-state index in [0.717, 1.165) is 23.2 Å². The summed E-state index contributed by atoms with van der Waals surface area (Å²) in [5, 5.41) is 13.6. The molecule has 3 aromatic rings. The Morgan fingerprint density at radius 1 is 1.12 bits per heavy atom. The van der Waals surface area contributed by atoms with Crippen LogP contribution in [0.3, 0.4) is 0 Å². The number of carbonyl (C=O) groups excluding carboxylic acids is 2. The molecule has 0 spiro atoms. The number of amides is 2. The molecule has 1 heterocycles. The van der Waals surface area contributed by atoms with Crippen LogP contribution in [0.1, 0.15) is 33.8 Å². The number of hydrogen-bond acceptors (Lipinski definition) is 5. The molecule has 0 aromatic heterocycles. The zero-order chi connectivity index (χ0) is 22.7. The number of hydrogen-bond donors (Lipinski definition) is 1. The van der Waals surface area contributed by atoms with Crippen molar-refractivity contribution in [2.45, 2.75) is 18.7 Å². The third kappa shape index (κ3) is 4.36. The molecule has 1 N–H and O–H groups in total. The van der Waals surface area contributed by atoms with Crippen molar-refractivity contribution in [3.63, 3.8) is 0 Å². The zero-order valence-corrected chi connectivity index (χ0v) is 18.2. The Morgan fingerprint density at radius 3 is 2.59 bits per heavy atom. The molecule has 0 saturated carbocycles. The number of nitrogens with one attached hydrogen (secondary N) is 1. The van der Waals surface area contributed by atoms with E-state index in [2.05, 4.69) is 12.2 Å². The molecule has 7 nitrogen and oxygen atoms in total. The largest absolute Gasteiger partial charge is 0.322 e. The van der Waals surface area contributed by atoms with Crippen LogP contribution in [0.4, 0.5) is 17.1 Å². The number of non-ortho nitro benzene ring substituents is 1. The van der Waals surface area contributed by atoms with Gasteiger partial charge in [0.1, 0.15) is 5.37 Å². The van der Waals surface area contributed by atoms with Crippen LogP contribution in [0.5, 0.6) is 0 Å². The van der Waals surface area contributed by atoms with E-state index < -0.39 is 10.8 Å². The van der Waals surface area contributed by atoms with E-state index in [0.29, 0.717) is 11.4 Å². The van der Waals surface area contributed by atoms with Gasteiger partial charge in [0.05, 0.1) is 10.7 Å². The first kappa shape index (κ1) is 21.6. The minimum Gasteiger partial charge on any atom is -0.322 e. The molecule has 1 atom stereocenters. The highest BCUT2D eigenvalue weighted by Gasteiger charge is 2.34. The Morgan fingerprint density at radius 2 is 1.88 bits per heavy atom. The van der Waals surface area contributed by atoms with Crippen LogP contribution in [0.2, 0.25) is 0 Å². The lowest BCUT2D eigenvalue weighted by molar-refractivity contribution is -0.384. The molecule has 8 heteroatoms. The summed E-state index contributed by atoms with van der Waals surface area (Å²) in [4.78, 5) is 37.4. The second-order valence-corrected chi connectivity index (χ2v) is 8.36. The number of para-hydroxylation sites is 1. The molecule has 4 rings (SSSR count). The first-order valence-electron chi connectivity index (χ1n) is 10.1. The summed E-state index contributed by atoms with van der Waals surface area (Å²) in [6, 6.07) is 20.9.